The zero-order valence-electron chi connectivity index (χ0n) is 9.68. The number of amidine groups is 1. The zero-order chi connectivity index (χ0) is 14.1. The Morgan fingerprint density at radius 1 is 1.42 bits per heavy atom. The van der Waals surface area contributed by atoms with E-state index < -0.39 is 0 Å². The Balaban J connectivity index is 2.31. The van der Waals surface area contributed by atoms with Gasteiger partial charge in [-0.25, -0.2) is 4.98 Å². The first-order valence-corrected chi connectivity index (χ1v) is 7.48. The molecule has 0 fully saturated rings. The number of guanidine groups is 1. The van der Waals surface area contributed by atoms with Crippen LogP contribution in [0.15, 0.2) is 14.8 Å². The van der Waals surface area contributed by atoms with E-state index >= 15 is 0 Å². The minimum Gasteiger partial charge on any atom is -0.386 e. The molecule has 19 heavy (non-hydrogen) atoms. The smallest absolute Gasteiger partial charge is 0.212 e. The molecule has 8 N–H and O–H groups in total. The molecule has 0 saturated heterocycles. The second-order valence-corrected chi connectivity index (χ2v) is 5.26. The van der Waals surface area contributed by atoms with E-state index in [1.165, 1.54) is 11.3 Å². The second-order valence-electron chi connectivity index (χ2n) is 2.97. The molecule has 0 unspecified atom stereocenters. The Hall–Kier alpha value is -1.05. The summed E-state index contributed by atoms with van der Waals surface area (Å²) in [6.45, 7) is 0. The molecular formula is C7H13N7O2S3. The van der Waals surface area contributed by atoms with E-state index in [0.717, 1.165) is 5.69 Å². The first kappa shape index (κ1) is 16.0. The van der Waals surface area contributed by atoms with Crippen molar-refractivity contribution in [3.63, 3.8) is 0 Å². The lowest BCUT2D eigenvalue weighted by Crippen LogP contribution is -2.21. The first-order valence-electron chi connectivity index (χ1n) is 4.75. The number of thiazole rings is 1. The van der Waals surface area contributed by atoms with Crippen molar-refractivity contribution in [2.45, 2.75) is 5.75 Å². The number of hydrogen-bond donors (Lipinski definition) is 4. The minimum absolute atomic E-state index is 0.0101. The average molecular weight is 323 g/mol. The maximum atomic E-state index is 5.61. The SMILES string of the molecule is NOOS/N=C(\N)CSCc1csc(N=C(N)N)n1. The van der Waals surface area contributed by atoms with E-state index in [4.69, 9.17) is 17.2 Å². The van der Waals surface area contributed by atoms with Gasteiger partial charge in [-0.1, -0.05) is 0 Å². The maximum absolute atomic E-state index is 5.61. The van der Waals surface area contributed by atoms with Gasteiger partial charge in [-0.2, -0.15) is 15.3 Å². The molecular weight excluding hydrogens is 310 g/mol. The highest BCUT2D eigenvalue weighted by Crippen LogP contribution is 2.21. The molecule has 106 valence electrons. The maximum Gasteiger partial charge on any atom is 0.212 e. The van der Waals surface area contributed by atoms with Crippen LogP contribution in [0.2, 0.25) is 0 Å². The van der Waals surface area contributed by atoms with Crippen LogP contribution in [0.4, 0.5) is 5.13 Å². The van der Waals surface area contributed by atoms with Crippen molar-refractivity contribution in [2.75, 3.05) is 5.75 Å². The van der Waals surface area contributed by atoms with Gasteiger partial charge in [-0.3, -0.25) is 0 Å². The summed E-state index contributed by atoms with van der Waals surface area (Å²) < 4.78 is 8.06. The minimum atomic E-state index is -0.0101. The van der Waals surface area contributed by atoms with Gasteiger partial charge in [-0.15, -0.1) is 32.4 Å². The summed E-state index contributed by atoms with van der Waals surface area (Å²) in [5.41, 5.74) is 17.0. The highest BCUT2D eigenvalue weighted by atomic mass is 32.2. The molecule has 1 heterocycles. The molecule has 1 aromatic heterocycles. The molecule has 0 aliphatic carbocycles. The third-order valence-electron chi connectivity index (χ3n) is 1.49. The number of aromatic nitrogens is 1. The highest BCUT2D eigenvalue weighted by molar-refractivity contribution is 7.99. The lowest BCUT2D eigenvalue weighted by molar-refractivity contribution is -0.195. The van der Waals surface area contributed by atoms with Crippen LogP contribution in [0.3, 0.4) is 0 Å². The molecule has 0 aromatic carbocycles. The molecule has 0 amide bonds. The Kier molecular flexibility index (Phi) is 7.54. The number of aliphatic imine (C=N–C) groups is 1. The summed E-state index contributed by atoms with van der Waals surface area (Å²) in [6.07, 6.45) is 0. The van der Waals surface area contributed by atoms with E-state index in [1.807, 2.05) is 5.38 Å². The van der Waals surface area contributed by atoms with Gasteiger partial charge in [-0.05, 0) is 0 Å². The molecule has 9 nitrogen and oxygen atoms in total. The van der Waals surface area contributed by atoms with Crippen LogP contribution in [0.1, 0.15) is 5.69 Å². The van der Waals surface area contributed by atoms with Crippen LogP contribution >= 0.6 is 35.3 Å². The summed E-state index contributed by atoms with van der Waals surface area (Å²) in [4.78, 5) is 11.9. The molecule has 0 spiro atoms. The number of hydrogen-bond acceptors (Lipinski definition) is 9. The van der Waals surface area contributed by atoms with Crippen LogP contribution in [0.25, 0.3) is 0 Å². The normalized spacial score (nSPS) is 11.5. The topological polar surface area (TPSA) is 160 Å². The standard InChI is InChI=1S/C7H13N7O2S3/c8-5(14-19-16-15-11)3-17-1-4-2-18-7(12-4)13-6(9)10/h2H,1,3,11H2,(H2,8,14)(H4,9,10,12,13). The number of nitrogens with two attached hydrogens (primary N) is 4. The van der Waals surface area contributed by atoms with Crippen molar-refractivity contribution in [3.05, 3.63) is 11.1 Å². The Morgan fingerprint density at radius 2 is 2.21 bits per heavy atom. The van der Waals surface area contributed by atoms with E-state index in [0.29, 0.717) is 34.7 Å². The van der Waals surface area contributed by atoms with Gasteiger partial charge in [0.05, 0.1) is 11.4 Å². The highest BCUT2D eigenvalue weighted by Gasteiger charge is 2.02. The monoisotopic (exact) mass is 323 g/mol. The fourth-order valence-electron chi connectivity index (χ4n) is 0.892. The summed E-state index contributed by atoms with van der Waals surface area (Å²) in [7, 11) is 0. The largest absolute Gasteiger partial charge is 0.386 e. The fraction of sp³-hybridized carbons (Fsp3) is 0.286. The predicted octanol–water partition coefficient (Wildman–Crippen LogP) is 0.0235. The Bertz CT molecular complexity index is 446. The van der Waals surface area contributed by atoms with E-state index in [-0.39, 0.29) is 5.96 Å². The van der Waals surface area contributed by atoms with E-state index in [1.54, 1.807) is 11.8 Å². The molecule has 1 aromatic rings. The van der Waals surface area contributed by atoms with Crippen LogP contribution in [-0.4, -0.2) is 22.5 Å². The summed E-state index contributed by atoms with van der Waals surface area (Å²) in [6, 6.07) is 0. The van der Waals surface area contributed by atoms with Crippen LogP contribution in [0, 0.1) is 0 Å². The van der Waals surface area contributed by atoms with Gasteiger partial charge in [0.2, 0.25) is 5.13 Å². The van der Waals surface area contributed by atoms with Crippen molar-refractivity contribution in [1.82, 2.24) is 4.98 Å². The van der Waals surface area contributed by atoms with Crippen molar-refractivity contribution in [2.24, 2.45) is 32.5 Å². The molecule has 12 heteroatoms. The van der Waals surface area contributed by atoms with Gasteiger partial charge in [0, 0.05) is 11.1 Å². The third kappa shape index (κ3) is 7.19. The fourth-order valence-corrected chi connectivity index (χ4v) is 2.74. The first-order chi connectivity index (χ1) is 9.11. The van der Waals surface area contributed by atoms with Gasteiger partial charge in [0.25, 0.3) is 0 Å². The summed E-state index contributed by atoms with van der Waals surface area (Å²) >= 11 is 3.57. The number of thioether (sulfide) groups is 1. The Labute approximate surface area is 122 Å². The molecule has 0 bridgehead atoms. The zero-order valence-corrected chi connectivity index (χ0v) is 12.1. The third-order valence-corrected chi connectivity index (χ3v) is 3.72. The Morgan fingerprint density at radius 3 is 2.89 bits per heavy atom. The van der Waals surface area contributed by atoms with Crippen molar-refractivity contribution < 1.29 is 9.32 Å². The lowest BCUT2D eigenvalue weighted by atomic mass is 10.6. The number of rotatable bonds is 8. The summed E-state index contributed by atoms with van der Waals surface area (Å²) in [5.74, 6) is 6.21. The summed E-state index contributed by atoms with van der Waals surface area (Å²) in [5, 5.41) is 2.41. The van der Waals surface area contributed by atoms with Crippen molar-refractivity contribution in [3.8, 4) is 0 Å². The van der Waals surface area contributed by atoms with Crippen molar-refractivity contribution in [1.29, 1.82) is 0 Å². The molecule has 0 aliphatic rings. The van der Waals surface area contributed by atoms with Crippen LogP contribution < -0.4 is 23.1 Å². The lowest BCUT2D eigenvalue weighted by Gasteiger charge is -1.98. The molecule has 0 radical (unpaired) electrons. The van der Waals surface area contributed by atoms with E-state index in [9.17, 15) is 0 Å². The second kappa shape index (κ2) is 8.95. The molecule has 1 rings (SSSR count). The van der Waals surface area contributed by atoms with Gasteiger partial charge < -0.3 is 17.2 Å². The predicted molar refractivity (Wildman–Crippen MR) is 79.3 cm³/mol. The van der Waals surface area contributed by atoms with Crippen LogP contribution in [0.5, 0.6) is 0 Å². The molecule has 0 atom stereocenters. The average Bonchev–Trinajstić information content (AvgIpc) is 2.76. The van der Waals surface area contributed by atoms with Crippen molar-refractivity contribution >= 4 is 52.3 Å². The van der Waals surface area contributed by atoms with Gasteiger partial charge >= 0.3 is 0 Å². The van der Waals surface area contributed by atoms with Gasteiger partial charge in [0.15, 0.2) is 18.2 Å². The molecule has 0 saturated carbocycles. The van der Waals surface area contributed by atoms with E-state index in [2.05, 4.69) is 29.6 Å². The quantitative estimate of drug-likeness (QED) is 0.0983. The van der Waals surface area contributed by atoms with Crippen LogP contribution in [-0.2, 0) is 15.1 Å². The number of nitrogens with zero attached hydrogens (tertiary/aromatic N) is 3. The molecule has 0 aliphatic heterocycles. The van der Waals surface area contributed by atoms with Gasteiger partial charge in [0.1, 0.15) is 5.84 Å².